The minimum absolute atomic E-state index is 0.0389. The van der Waals surface area contributed by atoms with Gasteiger partial charge in [0, 0.05) is 39.8 Å². The number of hydrogen-bond acceptors (Lipinski definition) is 9. The highest BCUT2D eigenvalue weighted by Crippen LogP contribution is 2.38. The van der Waals surface area contributed by atoms with Crippen molar-refractivity contribution in [2.45, 2.75) is 95.7 Å². The first-order valence-corrected chi connectivity index (χ1v) is 15.2. The van der Waals surface area contributed by atoms with Crippen LogP contribution in [0.15, 0.2) is 47.9 Å². The van der Waals surface area contributed by atoms with Gasteiger partial charge in [-0.3, -0.25) is 0 Å². The van der Waals surface area contributed by atoms with Crippen LogP contribution in [-0.4, -0.2) is 44.1 Å². The Hall–Kier alpha value is -2.33. The molecule has 206 valence electrons. The number of aryl methyl sites for hydroxylation is 1. The Kier molecular flexibility index (Phi) is 9.57. The highest BCUT2D eigenvalue weighted by atomic mass is 32.1. The summed E-state index contributed by atoms with van der Waals surface area (Å²) in [5.74, 6) is 0. The summed E-state index contributed by atoms with van der Waals surface area (Å²) in [6.45, 7) is 9.31. The topological polar surface area (TPSA) is 103 Å². The summed E-state index contributed by atoms with van der Waals surface area (Å²) >= 11 is 3.13. The molecule has 2 heterocycles. The third kappa shape index (κ3) is 7.20. The maximum absolute atomic E-state index is 11.5. The molecule has 0 amide bonds. The Morgan fingerprint density at radius 3 is 2.55 bits per heavy atom. The number of aliphatic hydroxyl groups excluding tert-OH is 1. The Morgan fingerprint density at radius 1 is 1.13 bits per heavy atom. The second-order valence-corrected chi connectivity index (χ2v) is 13.4. The van der Waals surface area contributed by atoms with Gasteiger partial charge in [-0.05, 0) is 60.8 Å². The number of rotatable bonds is 11. The van der Waals surface area contributed by atoms with Gasteiger partial charge in [0.25, 0.3) is 0 Å². The van der Waals surface area contributed by atoms with Gasteiger partial charge in [-0.15, -0.1) is 11.3 Å². The van der Waals surface area contributed by atoms with Crippen molar-refractivity contribution in [1.82, 2.24) is 14.7 Å². The van der Waals surface area contributed by atoms with Crippen molar-refractivity contribution >= 4 is 33.7 Å². The molecule has 4 N–H and O–H groups in total. The molecule has 38 heavy (non-hydrogen) atoms. The first kappa shape index (κ1) is 28.7. The van der Waals surface area contributed by atoms with Crippen LogP contribution < -0.4 is 10.6 Å². The molecule has 1 aromatic carbocycles. The first-order chi connectivity index (χ1) is 18.2. The van der Waals surface area contributed by atoms with Crippen LogP contribution in [0.5, 0.6) is 0 Å². The van der Waals surface area contributed by atoms with Gasteiger partial charge < -0.3 is 20.9 Å². The molecule has 2 aromatic heterocycles. The third-order valence-electron chi connectivity index (χ3n) is 7.52. The molecular weight excluding hydrogens is 514 g/mol. The number of nitrogens with one attached hydrogen (secondary N) is 2. The molecule has 7 nitrogen and oxygen atoms in total. The van der Waals surface area contributed by atoms with E-state index in [2.05, 4.69) is 89.2 Å². The van der Waals surface area contributed by atoms with E-state index in [4.69, 9.17) is 0 Å². The largest absolute Gasteiger partial charge is 0.411 e. The van der Waals surface area contributed by atoms with Crippen molar-refractivity contribution in [3.63, 3.8) is 0 Å². The summed E-state index contributed by atoms with van der Waals surface area (Å²) in [7, 11) is 0. The van der Waals surface area contributed by atoms with Gasteiger partial charge in [-0.25, -0.2) is 4.98 Å². The Labute approximate surface area is 234 Å². The third-order valence-corrected chi connectivity index (χ3v) is 9.29. The highest BCUT2D eigenvalue weighted by Gasteiger charge is 2.37. The van der Waals surface area contributed by atoms with Crippen LogP contribution in [-0.2, 0) is 23.8 Å². The van der Waals surface area contributed by atoms with E-state index in [1.165, 1.54) is 32.4 Å². The van der Waals surface area contributed by atoms with E-state index in [-0.39, 0.29) is 17.0 Å². The predicted octanol–water partition coefficient (Wildman–Crippen LogP) is 6.12. The molecule has 1 fully saturated rings. The fraction of sp³-hybridized carbons (Fsp3) is 0.552. The molecule has 0 radical (unpaired) electrons. The molecule has 3 aromatic rings. The number of thiophene rings is 1. The van der Waals surface area contributed by atoms with Gasteiger partial charge in [0.05, 0.1) is 17.9 Å². The normalized spacial score (nSPS) is 19.8. The smallest absolute Gasteiger partial charge is 0.202 e. The van der Waals surface area contributed by atoms with Gasteiger partial charge in [0.2, 0.25) is 5.13 Å². The van der Waals surface area contributed by atoms with Crippen molar-refractivity contribution in [3.8, 4) is 0 Å². The van der Waals surface area contributed by atoms with Crippen LogP contribution >= 0.6 is 22.9 Å². The molecule has 0 spiro atoms. The fourth-order valence-corrected chi connectivity index (χ4v) is 6.84. The molecule has 4 rings (SSSR count). The molecule has 2 atom stereocenters. The number of benzene rings is 1. The van der Waals surface area contributed by atoms with Crippen LogP contribution in [0.3, 0.4) is 0 Å². The van der Waals surface area contributed by atoms with E-state index in [0.29, 0.717) is 18.1 Å². The standard InChI is InChI=1S/C29H41N5O2S2/c1-5-7-23-10-11-24(37-23)17-25(33-27-30-19-32-38-27)26(35)18-31-29(14-12-22(34-36)13-15-29)21-9-6-8-20(16-21)28(2,3)4/h6,8-11,16,19,25-26,31,35-36H,5,7,12-15,17-18H2,1-4H3,(H,30,32,33). The number of hydrogen-bond donors (Lipinski definition) is 4. The van der Waals surface area contributed by atoms with Crippen molar-refractivity contribution in [2.75, 3.05) is 11.9 Å². The number of aliphatic hydroxyl groups is 1. The summed E-state index contributed by atoms with van der Waals surface area (Å²) in [5, 5.41) is 32.4. The van der Waals surface area contributed by atoms with Gasteiger partial charge in [-0.2, -0.15) is 4.37 Å². The lowest BCUT2D eigenvalue weighted by Crippen LogP contribution is -2.51. The number of aromatic nitrogens is 2. The van der Waals surface area contributed by atoms with Crippen molar-refractivity contribution in [2.24, 2.45) is 5.16 Å². The van der Waals surface area contributed by atoms with Gasteiger partial charge in [0.15, 0.2) is 0 Å². The second kappa shape index (κ2) is 12.7. The van der Waals surface area contributed by atoms with Crippen LogP contribution in [0, 0.1) is 0 Å². The summed E-state index contributed by atoms with van der Waals surface area (Å²) in [5.41, 5.74) is 3.09. The van der Waals surface area contributed by atoms with Gasteiger partial charge >= 0.3 is 0 Å². The van der Waals surface area contributed by atoms with Crippen LogP contribution in [0.1, 0.15) is 80.7 Å². The molecule has 2 unspecified atom stereocenters. The molecule has 0 aliphatic heterocycles. The van der Waals surface area contributed by atoms with E-state index in [1.54, 1.807) is 6.33 Å². The lowest BCUT2D eigenvalue weighted by Gasteiger charge is -2.41. The quantitative estimate of drug-likeness (QED) is 0.168. The van der Waals surface area contributed by atoms with Crippen molar-refractivity contribution in [1.29, 1.82) is 0 Å². The van der Waals surface area contributed by atoms with E-state index in [1.807, 2.05) is 11.3 Å². The monoisotopic (exact) mass is 555 g/mol. The molecule has 0 bridgehead atoms. The first-order valence-electron chi connectivity index (χ1n) is 13.6. The predicted molar refractivity (Wildman–Crippen MR) is 158 cm³/mol. The van der Waals surface area contributed by atoms with E-state index in [0.717, 1.165) is 44.2 Å². The van der Waals surface area contributed by atoms with Crippen LogP contribution in [0.2, 0.25) is 0 Å². The van der Waals surface area contributed by atoms with Gasteiger partial charge in [-0.1, -0.05) is 63.5 Å². The van der Waals surface area contributed by atoms with E-state index < -0.39 is 6.10 Å². The molecule has 1 saturated carbocycles. The molecule has 9 heteroatoms. The van der Waals surface area contributed by atoms with Crippen molar-refractivity contribution < 1.29 is 10.3 Å². The summed E-state index contributed by atoms with van der Waals surface area (Å²) in [4.78, 5) is 6.94. The number of nitrogens with zero attached hydrogens (tertiary/aromatic N) is 3. The lowest BCUT2D eigenvalue weighted by atomic mass is 9.74. The molecule has 1 aliphatic rings. The maximum atomic E-state index is 11.5. The highest BCUT2D eigenvalue weighted by molar-refractivity contribution is 7.12. The average molecular weight is 556 g/mol. The average Bonchev–Trinajstić information content (AvgIpc) is 3.59. The number of oxime groups is 1. The minimum atomic E-state index is -0.647. The fourth-order valence-electron chi connectivity index (χ4n) is 5.17. The zero-order chi connectivity index (χ0) is 27.2. The zero-order valence-electron chi connectivity index (χ0n) is 22.9. The van der Waals surface area contributed by atoms with Crippen LogP contribution in [0.4, 0.5) is 5.13 Å². The molecule has 1 aliphatic carbocycles. The summed E-state index contributed by atoms with van der Waals surface area (Å²) in [6.07, 6.45) is 6.88. The van der Waals surface area contributed by atoms with E-state index in [9.17, 15) is 10.3 Å². The van der Waals surface area contributed by atoms with Crippen LogP contribution in [0.25, 0.3) is 0 Å². The Morgan fingerprint density at radius 2 is 1.89 bits per heavy atom. The Balaban J connectivity index is 1.55. The molecular formula is C29H41N5O2S2. The van der Waals surface area contributed by atoms with Gasteiger partial charge in [0.1, 0.15) is 6.33 Å². The minimum Gasteiger partial charge on any atom is -0.411 e. The number of anilines is 1. The maximum Gasteiger partial charge on any atom is 0.202 e. The summed E-state index contributed by atoms with van der Waals surface area (Å²) in [6, 6.07) is 13.0. The second-order valence-electron chi connectivity index (χ2n) is 11.3. The zero-order valence-corrected chi connectivity index (χ0v) is 24.5. The SMILES string of the molecule is CCCc1ccc(CC(Nc2ncns2)C(O)CNC2(c3cccc(C(C)(C)C)c3)CCC(=NO)CC2)s1. The Bertz CT molecular complexity index is 1180. The van der Waals surface area contributed by atoms with Crippen molar-refractivity contribution in [3.05, 3.63) is 63.6 Å². The van der Waals surface area contributed by atoms with E-state index >= 15 is 0 Å². The molecule has 0 saturated heterocycles. The summed E-state index contributed by atoms with van der Waals surface area (Å²) < 4.78 is 4.13. The lowest BCUT2D eigenvalue weighted by molar-refractivity contribution is 0.128.